The van der Waals surface area contributed by atoms with E-state index in [-0.39, 0.29) is 22.8 Å². The van der Waals surface area contributed by atoms with Gasteiger partial charge in [-0.3, -0.25) is 0 Å². The Morgan fingerprint density at radius 2 is 1.15 bits per heavy atom. The van der Waals surface area contributed by atoms with Crippen LogP contribution in [0.4, 0.5) is 0 Å². The van der Waals surface area contributed by atoms with Gasteiger partial charge in [0.2, 0.25) is 0 Å². The number of methoxy groups -OCH3 is 2. The molecule has 6 heteroatoms. The summed E-state index contributed by atoms with van der Waals surface area (Å²) in [5.74, 6) is -1.04. The minimum absolute atomic E-state index is 0.194. The molecule has 0 aliphatic heterocycles. The van der Waals surface area contributed by atoms with Gasteiger partial charge in [-0.2, -0.15) is 0 Å². The number of hydrogen-bond donors (Lipinski definition) is 0. The number of hydrogen-bond acceptors (Lipinski definition) is 5. The Bertz CT molecular complexity index is 1030. The Morgan fingerprint density at radius 3 is 1.52 bits per heavy atom. The Labute approximate surface area is 196 Å². The molecule has 0 aromatic heterocycles. The van der Waals surface area contributed by atoms with E-state index < -0.39 is 20.3 Å². The van der Waals surface area contributed by atoms with Crippen LogP contribution in [0.5, 0.6) is 0 Å². The SMILES string of the molecule is COC(=O)c1cc(CO[Si](c2ccccc2)(c2ccccc2)C(C)(C)C)cc(C(=O)OC)c1. The van der Waals surface area contributed by atoms with Gasteiger partial charge in [0.15, 0.2) is 0 Å². The van der Waals surface area contributed by atoms with Gasteiger partial charge in [-0.15, -0.1) is 0 Å². The van der Waals surface area contributed by atoms with Crippen molar-refractivity contribution in [3.05, 3.63) is 95.6 Å². The standard InChI is InChI=1S/C27H30O5Si/c1-27(2,3)33(23-12-8-6-9-13-23,24-14-10-7-11-15-24)32-19-20-16-21(25(28)30-4)18-22(17-20)26(29)31-5/h6-18H,19H2,1-5H3. The first kappa shape index (κ1) is 24.4. The number of esters is 2. The maximum atomic E-state index is 12.2. The van der Waals surface area contributed by atoms with Gasteiger partial charge < -0.3 is 13.9 Å². The van der Waals surface area contributed by atoms with Crippen molar-refractivity contribution in [1.29, 1.82) is 0 Å². The average Bonchev–Trinajstić information content (AvgIpc) is 2.83. The van der Waals surface area contributed by atoms with Gasteiger partial charge >= 0.3 is 11.9 Å². The lowest BCUT2D eigenvalue weighted by Gasteiger charge is -2.43. The summed E-state index contributed by atoms with van der Waals surface area (Å²) in [6.45, 7) is 6.82. The van der Waals surface area contributed by atoms with Crippen molar-refractivity contribution in [2.24, 2.45) is 0 Å². The number of carbonyl (C=O) groups is 2. The molecule has 0 fully saturated rings. The third-order valence-corrected chi connectivity index (χ3v) is 10.7. The van der Waals surface area contributed by atoms with Gasteiger partial charge in [0.25, 0.3) is 8.32 Å². The molecule has 0 amide bonds. The molecule has 5 nitrogen and oxygen atoms in total. The van der Waals surface area contributed by atoms with E-state index in [2.05, 4.69) is 45.0 Å². The van der Waals surface area contributed by atoms with Gasteiger partial charge in [0, 0.05) is 0 Å². The summed E-state index contributed by atoms with van der Waals surface area (Å²) in [7, 11) is -0.148. The molecule has 0 aliphatic carbocycles. The lowest BCUT2D eigenvalue weighted by molar-refractivity contribution is 0.0599. The van der Waals surface area contributed by atoms with Crippen LogP contribution in [0.2, 0.25) is 5.04 Å². The molecule has 0 heterocycles. The third-order valence-electron chi connectivity index (χ3n) is 5.71. The van der Waals surface area contributed by atoms with Crippen LogP contribution in [0, 0.1) is 0 Å². The molecule has 0 N–H and O–H groups in total. The lowest BCUT2D eigenvalue weighted by atomic mass is 10.1. The highest BCUT2D eigenvalue weighted by atomic mass is 28.4. The molecule has 3 aromatic rings. The fourth-order valence-corrected chi connectivity index (χ4v) is 8.74. The van der Waals surface area contributed by atoms with E-state index in [0.717, 1.165) is 10.4 Å². The first-order chi connectivity index (χ1) is 15.7. The number of benzene rings is 3. The van der Waals surface area contributed by atoms with E-state index in [1.54, 1.807) is 12.1 Å². The number of rotatable bonds is 7. The number of ether oxygens (including phenoxy) is 2. The van der Waals surface area contributed by atoms with Gasteiger partial charge in [-0.05, 0) is 39.2 Å². The van der Waals surface area contributed by atoms with Crippen molar-refractivity contribution in [1.82, 2.24) is 0 Å². The summed E-state index contributed by atoms with van der Waals surface area (Å²) in [5.41, 5.74) is 1.26. The molecule has 33 heavy (non-hydrogen) atoms. The fourth-order valence-electron chi connectivity index (χ4n) is 4.20. The van der Waals surface area contributed by atoms with E-state index >= 15 is 0 Å². The molecule has 0 saturated carbocycles. The normalized spacial score (nSPS) is 11.7. The topological polar surface area (TPSA) is 61.8 Å². The minimum Gasteiger partial charge on any atom is -0.465 e. The van der Waals surface area contributed by atoms with Crippen LogP contribution in [0.15, 0.2) is 78.9 Å². The number of carbonyl (C=O) groups excluding carboxylic acids is 2. The van der Waals surface area contributed by atoms with Crippen molar-refractivity contribution < 1.29 is 23.5 Å². The predicted molar refractivity (Wildman–Crippen MR) is 132 cm³/mol. The smallest absolute Gasteiger partial charge is 0.337 e. The molecule has 0 saturated heterocycles. The monoisotopic (exact) mass is 462 g/mol. The Kier molecular flexibility index (Phi) is 7.51. The maximum absolute atomic E-state index is 12.2. The van der Waals surface area contributed by atoms with E-state index in [1.807, 2.05) is 36.4 Å². The lowest BCUT2D eigenvalue weighted by Crippen LogP contribution is -2.66. The summed E-state index contributed by atoms with van der Waals surface area (Å²) < 4.78 is 16.7. The molecule has 3 aromatic carbocycles. The van der Waals surface area contributed by atoms with Crippen molar-refractivity contribution in [2.75, 3.05) is 14.2 Å². The predicted octanol–water partition coefficient (Wildman–Crippen LogP) is 4.34. The first-order valence-electron chi connectivity index (χ1n) is 10.8. The van der Waals surface area contributed by atoms with Gasteiger partial charge in [0.05, 0.1) is 32.0 Å². The van der Waals surface area contributed by atoms with E-state index in [0.29, 0.717) is 5.56 Å². The largest absolute Gasteiger partial charge is 0.465 e. The average molecular weight is 463 g/mol. The van der Waals surface area contributed by atoms with Gasteiger partial charge in [-0.25, -0.2) is 9.59 Å². The second kappa shape index (κ2) is 10.1. The van der Waals surface area contributed by atoms with Gasteiger partial charge in [-0.1, -0.05) is 81.4 Å². The Morgan fingerprint density at radius 1 is 0.727 bits per heavy atom. The molecule has 0 atom stereocenters. The van der Waals surface area contributed by atoms with Crippen molar-refractivity contribution in [2.45, 2.75) is 32.4 Å². The second-order valence-electron chi connectivity index (χ2n) is 8.85. The molecular formula is C27H30O5Si. The second-order valence-corrected chi connectivity index (χ2v) is 13.2. The van der Waals surface area contributed by atoms with E-state index in [1.165, 1.54) is 20.3 Å². The molecular weight excluding hydrogens is 432 g/mol. The van der Waals surface area contributed by atoms with Crippen LogP contribution < -0.4 is 10.4 Å². The Balaban J connectivity index is 2.12. The fraction of sp³-hybridized carbons (Fsp3) is 0.259. The summed E-state index contributed by atoms with van der Waals surface area (Å²) in [4.78, 5) is 24.5. The van der Waals surface area contributed by atoms with Crippen molar-refractivity contribution >= 4 is 30.6 Å². The third kappa shape index (κ3) is 5.07. The molecule has 0 bridgehead atoms. The molecule has 172 valence electrons. The van der Waals surface area contributed by atoms with Crippen molar-refractivity contribution in [3.8, 4) is 0 Å². The van der Waals surface area contributed by atoms with Crippen LogP contribution in [-0.2, 0) is 20.5 Å². The summed E-state index contributed by atoms with van der Waals surface area (Å²) in [6, 6.07) is 25.5. The van der Waals surface area contributed by atoms with Crippen molar-refractivity contribution in [3.63, 3.8) is 0 Å². The van der Waals surface area contributed by atoms with E-state index in [4.69, 9.17) is 13.9 Å². The quantitative estimate of drug-likeness (QED) is 0.386. The molecule has 0 aliphatic rings. The Hall–Kier alpha value is -3.22. The summed E-state index contributed by atoms with van der Waals surface area (Å²) >= 11 is 0. The highest BCUT2D eigenvalue weighted by Crippen LogP contribution is 2.37. The van der Waals surface area contributed by atoms with Crippen LogP contribution >= 0.6 is 0 Å². The zero-order valence-corrected chi connectivity index (χ0v) is 20.8. The van der Waals surface area contributed by atoms with E-state index in [9.17, 15) is 9.59 Å². The zero-order chi connectivity index (χ0) is 24.1. The maximum Gasteiger partial charge on any atom is 0.337 e. The van der Waals surface area contributed by atoms with Gasteiger partial charge in [0.1, 0.15) is 0 Å². The van der Waals surface area contributed by atoms with Crippen LogP contribution in [0.3, 0.4) is 0 Å². The summed E-state index contributed by atoms with van der Waals surface area (Å²) in [5, 5.41) is 2.11. The first-order valence-corrected chi connectivity index (χ1v) is 12.7. The van der Waals surface area contributed by atoms with Crippen LogP contribution in [0.1, 0.15) is 47.1 Å². The highest BCUT2D eigenvalue weighted by Gasteiger charge is 2.50. The molecule has 0 spiro atoms. The minimum atomic E-state index is -2.77. The summed E-state index contributed by atoms with van der Waals surface area (Å²) in [6.07, 6.45) is 0. The highest BCUT2D eigenvalue weighted by molar-refractivity contribution is 6.99. The van der Waals surface area contributed by atoms with Crippen LogP contribution in [-0.4, -0.2) is 34.5 Å². The van der Waals surface area contributed by atoms with Crippen LogP contribution in [0.25, 0.3) is 0 Å². The molecule has 0 unspecified atom stereocenters. The zero-order valence-electron chi connectivity index (χ0n) is 19.8. The molecule has 0 radical (unpaired) electrons. The molecule has 3 rings (SSSR count).